The zero-order valence-electron chi connectivity index (χ0n) is 13.9. The predicted molar refractivity (Wildman–Crippen MR) is 97.2 cm³/mol. The van der Waals surface area contributed by atoms with Gasteiger partial charge < -0.3 is 10.6 Å². The summed E-state index contributed by atoms with van der Waals surface area (Å²) >= 11 is 5.81. The summed E-state index contributed by atoms with van der Waals surface area (Å²) < 4.78 is 13.1. The number of carbonyl (C=O) groups excluding carboxylic acids is 2. The van der Waals surface area contributed by atoms with Crippen LogP contribution < -0.4 is 10.6 Å². The predicted octanol–water partition coefficient (Wildman–Crippen LogP) is 3.38. The number of nitrogens with zero attached hydrogens (tertiary/aromatic N) is 1. The van der Waals surface area contributed by atoms with Crippen molar-refractivity contribution >= 4 is 34.8 Å². The molecular weight excluding hydrogens is 345 g/mol. The van der Waals surface area contributed by atoms with Crippen molar-refractivity contribution in [3.8, 4) is 0 Å². The average Bonchev–Trinajstić information content (AvgIpc) is 2.56. The number of benzene rings is 2. The Labute approximate surface area is 150 Å². The van der Waals surface area contributed by atoms with Crippen LogP contribution in [0.2, 0.25) is 5.02 Å². The number of anilines is 2. The molecule has 0 unspecified atom stereocenters. The van der Waals surface area contributed by atoms with Crippen LogP contribution in [0.3, 0.4) is 0 Å². The van der Waals surface area contributed by atoms with Crippen molar-refractivity contribution in [1.82, 2.24) is 4.90 Å². The highest BCUT2D eigenvalue weighted by Gasteiger charge is 2.20. The molecule has 0 saturated carbocycles. The summed E-state index contributed by atoms with van der Waals surface area (Å²) in [5.74, 6) is -1.01. The van der Waals surface area contributed by atoms with Gasteiger partial charge in [-0.1, -0.05) is 17.7 Å². The quantitative estimate of drug-likeness (QED) is 0.827. The SMILES string of the molecule is C[C@@H](C(=O)Nc1ccc(Cl)cc1)N(C)CC(=O)Nc1cccc(F)c1. The van der Waals surface area contributed by atoms with Crippen molar-refractivity contribution in [2.45, 2.75) is 13.0 Å². The summed E-state index contributed by atoms with van der Waals surface area (Å²) in [6.45, 7) is 1.69. The van der Waals surface area contributed by atoms with E-state index in [4.69, 9.17) is 11.6 Å². The summed E-state index contributed by atoms with van der Waals surface area (Å²) in [6.07, 6.45) is 0. The van der Waals surface area contributed by atoms with Crippen LogP contribution in [0.4, 0.5) is 15.8 Å². The van der Waals surface area contributed by atoms with Crippen LogP contribution in [0.5, 0.6) is 0 Å². The van der Waals surface area contributed by atoms with Crippen LogP contribution in [0.1, 0.15) is 6.92 Å². The first-order valence-electron chi connectivity index (χ1n) is 7.67. The van der Waals surface area contributed by atoms with E-state index in [9.17, 15) is 14.0 Å². The Morgan fingerprint density at radius 2 is 1.80 bits per heavy atom. The molecule has 0 bridgehead atoms. The van der Waals surface area contributed by atoms with Crippen LogP contribution in [0.15, 0.2) is 48.5 Å². The van der Waals surface area contributed by atoms with Crippen LogP contribution in [-0.2, 0) is 9.59 Å². The molecule has 0 aliphatic rings. The monoisotopic (exact) mass is 363 g/mol. The molecule has 2 N–H and O–H groups in total. The second-order valence-electron chi connectivity index (χ2n) is 5.65. The van der Waals surface area contributed by atoms with E-state index >= 15 is 0 Å². The number of rotatable bonds is 6. The fraction of sp³-hybridized carbons (Fsp3) is 0.222. The summed E-state index contributed by atoms with van der Waals surface area (Å²) in [4.78, 5) is 25.9. The Bertz CT molecular complexity index is 752. The van der Waals surface area contributed by atoms with Crippen molar-refractivity contribution in [2.24, 2.45) is 0 Å². The third-order valence-corrected chi connectivity index (χ3v) is 3.91. The molecule has 2 amide bonds. The van der Waals surface area contributed by atoms with Gasteiger partial charge in [0.25, 0.3) is 0 Å². The van der Waals surface area contributed by atoms with E-state index in [1.807, 2.05) is 0 Å². The Kier molecular flexibility index (Phi) is 6.50. The third kappa shape index (κ3) is 5.85. The molecule has 0 radical (unpaired) electrons. The van der Waals surface area contributed by atoms with E-state index in [1.165, 1.54) is 18.2 Å². The molecule has 0 fully saturated rings. The molecule has 5 nitrogen and oxygen atoms in total. The second kappa shape index (κ2) is 8.60. The van der Waals surface area contributed by atoms with E-state index < -0.39 is 11.9 Å². The highest BCUT2D eigenvalue weighted by atomic mass is 35.5. The van der Waals surface area contributed by atoms with Gasteiger partial charge in [0.15, 0.2) is 0 Å². The number of hydrogen-bond acceptors (Lipinski definition) is 3. The molecule has 2 rings (SSSR count). The molecule has 7 heteroatoms. The standard InChI is InChI=1S/C18H19ClFN3O2/c1-12(18(25)22-15-8-6-13(19)7-9-15)23(2)11-17(24)21-16-5-3-4-14(20)10-16/h3-10,12H,11H2,1-2H3,(H,21,24)(H,22,25)/t12-/m0/s1. The van der Waals surface area contributed by atoms with Gasteiger partial charge >= 0.3 is 0 Å². The van der Waals surface area contributed by atoms with Crippen LogP contribution in [-0.4, -0.2) is 36.3 Å². The largest absolute Gasteiger partial charge is 0.325 e. The van der Waals surface area contributed by atoms with E-state index in [2.05, 4.69) is 10.6 Å². The summed E-state index contributed by atoms with van der Waals surface area (Å²) in [5, 5.41) is 5.94. The summed E-state index contributed by atoms with van der Waals surface area (Å²) in [6, 6.07) is 11.9. The van der Waals surface area contributed by atoms with E-state index in [1.54, 1.807) is 49.2 Å². The first-order chi connectivity index (χ1) is 11.8. The minimum atomic E-state index is -0.533. The molecule has 132 valence electrons. The van der Waals surface area contributed by atoms with E-state index in [0.29, 0.717) is 16.4 Å². The van der Waals surface area contributed by atoms with Crippen molar-refractivity contribution in [3.05, 3.63) is 59.4 Å². The van der Waals surface area contributed by atoms with Crippen molar-refractivity contribution in [3.63, 3.8) is 0 Å². The highest BCUT2D eigenvalue weighted by Crippen LogP contribution is 2.14. The maximum absolute atomic E-state index is 13.1. The Balaban J connectivity index is 1.88. The third-order valence-electron chi connectivity index (χ3n) is 3.65. The molecule has 0 heterocycles. The number of nitrogens with one attached hydrogen (secondary N) is 2. The second-order valence-corrected chi connectivity index (χ2v) is 6.08. The van der Waals surface area contributed by atoms with Gasteiger partial charge in [-0.15, -0.1) is 0 Å². The molecule has 0 spiro atoms. The first-order valence-corrected chi connectivity index (χ1v) is 8.05. The Morgan fingerprint density at radius 3 is 2.44 bits per heavy atom. The van der Waals surface area contributed by atoms with Crippen molar-refractivity contribution in [2.75, 3.05) is 24.2 Å². The van der Waals surface area contributed by atoms with Gasteiger partial charge in [-0.25, -0.2) is 4.39 Å². The highest BCUT2D eigenvalue weighted by molar-refractivity contribution is 6.30. The number of hydrogen-bond donors (Lipinski definition) is 2. The molecule has 0 saturated heterocycles. The molecule has 2 aromatic carbocycles. The normalized spacial score (nSPS) is 11.9. The van der Waals surface area contributed by atoms with Crippen molar-refractivity contribution in [1.29, 1.82) is 0 Å². The lowest BCUT2D eigenvalue weighted by molar-refractivity contribution is -0.122. The minimum Gasteiger partial charge on any atom is -0.325 e. The molecule has 0 aliphatic carbocycles. The smallest absolute Gasteiger partial charge is 0.241 e. The topological polar surface area (TPSA) is 61.4 Å². The van der Waals surface area contributed by atoms with Gasteiger partial charge in [-0.05, 0) is 56.4 Å². The van der Waals surface area contributed by atoms with Gasteiger partial charge in [-0.3, -0.25) is 14.5 Å². The van der Waals surface area contributed by atoms with Crippen molar-refractivity contribution < 1.29 is 14.0 Å². The zero-order valence-corrected chi connectivity index (χ0v) is 14.7. The van der Waals surface area contributed by atoms with Gasteiger partial charge in [0.05, 0.1) is 12.6 Å². The Hall–Kier alpha value is -2.44. The molecule has 2 aromatic rings. The fourth-order valence-electron chi connectivity index (χ4n) is 2.11. The number of halogens is 2. The Morgan fingerprint density at radius 1 is 1.12 bits per heavy atom. The van der Waals surface area contributed by atoms with E-state index in [0.717, 1.165) is 0 Å². The van der Waals surface area contributed by atoms with Crippen LogP contribution >= 0.6 is 11.6 Å². The van der Waals surface area contributed by atoms with Crippen LogP contribution in [0, 0.1) is 5.82 Å². The van der Waals surface area contributed by atoms with Gasteiger partial charge in [0.1, 0.15) is 5.82 Å². The van der Waals surface area contributed by atoms with Gasteiger partial charge in [0.2, 0.25) is 11.8 Å². The fourth-order valence-corrected chi connectivity index (χ4v) is 2.24. The lowest BCUT2D eigenvalue weighted by atomic mass is 10.2. The average molecular weight is 364 g/mol. The molecule has 0 aliphatic heterocycles. The lowest BCUT2D eigenvalue weighted by Gasteiger charge is -2.23. The molecule has 1 atom stereocenters. The first kappa shape index (κ1) is 18.9. The summed E-state index contributed by atoms with van der Waals surface area (Å²) in [5.41, 5.74) is 0.996. The van der Waals surface area contributed by atoms with E-state index in [-0.39, 0.29) is 18.4 Å². The zero-order chi connectivity index (χ0) is 18.4. The van der Waals surface area contributed by atoms with Gasteiger partial charge in [0, 0.05) is 16.4 Å². The molecule has 25 heavy (non-hydrogen) atoms. The van der Waals surface area contributed by atoms with Crippen LogP contribution in [0.25, 0.3) is 0 Å². The summed E-state index contributed by atoms with van der Waals surface area (Å²) in [7, 11) is 1.66. The van der Waals surface area contributed by atoms with Gasteiger partial charge in [-0.2, -0.15) is 0 Å². The lowest BCUT2D eigenvalue weighted by Crippen LogP contribution is -2.43. The number of amides is 2. The minimum absolute atomic E-state index is 0.00822. The molecular formula is C18H19ClFN3O2. The number of likely N-dealkylation sites (N-methyl/N-ethyl adjacent to an activating group) is 1. The maximum Gasteiger partial charge on any atom is 0.241 e. The number of carbonyl (C=O) groups is 2. The maximum atomic E-state index is 13.1. The molecule has 0 aromatic heterocycles.